The van der Waals surface area contributed by atoms with E-state index in [0.717, 1.165) is 4.31 Å². The molecule has 1 heterocycles. The van der Waals surface area contributed by atoms with E-state index in [0.29, 0.717) is 17.0 Å². The minimum Gasteiger partial charge on any atom is -0.480 e. The molecule has 0 bridgehead atoms. The molecule has 0 aromatic heterocycles. The molecule has 1 unspecified atom stereocenters. The maximum absolute atomic E-state index is 12.2. The van der Waals surface area contributed by atoms with E-state index < -0.39 is 22.0 Å². The Hall–Kier alpha value is -1.11. The molecule has 0 spiro atoms. The number of benzene rings is 1. The van der Waals surface area contributed by atoms with Gasteiger partial charge in [-0.15, -0.1) is 0 Å². The Morgan fingerprint density at radius 2 is 2.17 bits per heavy atom. The summed E-state index contributed by atoms with van der Waals surface area (Å²) in [6.45, 7) is 1.94. The van der Waals surface area contributed by atoms with Crippen LogP contribution in [-0.4, -0.2) is 36.4 Å². The van der Waals surface area contributed by atoms with E-state index in [4.69, 9.17) is 16.7 Å². The average molecular weight is 290 g/mol. The summed E-state index contributed by atoms with van der Waals surface area (Å²) in [7, 11) is -3.74. The quantitative estimate of drug-likeness (QED) is 0.915. The fourth-order valence-corrected chi connectivity index (χ4v) is 3.64. The van der Waals surface area contributed by atoms with E-state index >= 15 is 0 Å². The number of carboxylic acid groups (broad SMARTS) is 1. The lowest BCUT2D eigenvalue weighted by Crippen LogP contribution is -2.54. The molecule has 5 nitrogen and oxygen atoms in total. The molecule has 1 aromatic rings. The zero-order valence-electron chi connectivity index (χ0n) is 9.63. The van der Waals surface area contributed by atoms with Gasteiger partial charge in [-0.1, -0.05) is 11.6 Å². The molecule has 1 aliphatic heterocycles. The van der Waals surface area contributed by atoms with Gasteiger partial charge in [0.25, 0.3) is 0 Å². The van der Waals surface area contributed by atoms with E-state index in [1.54, 1.807) is 6.92 Å². The molecule has 0 saturated carbocycles. The highest BCUT2D eigenvalue weighted by molar-refractivity contribution is 7.89. The summed E-state index contributed by atoms with van der Waals surface area (Å²) >= 11 is 5.83. The lowest BCUT2D eigenvalue weighted by Gasteiger charge is -2.36. The number of hydrogen-bond acceptors (Lipinski definition) is 3. The molecular weight excluding hydrogens is 278 g/mol. The number of aryl methyl sites for hydroxylation is 1. The van der Waals surface area contributed by atoms with E-state index in [-0.39, 0.29) is 11.4 Å². The largest absolute Gasteiger partial charge is 0.480 e. The molecule has 2 rings (SSSR count). The third kappa shape index (κ3) is 2.11. The van der Waals surface area contributed by atoms with Crippen LogP contribution in [0.3, 0.4) is 0 Å². The highest BCUT2D eigenvalue weighted by Crippen LogP contribution is 2.28. The van der Waals surface area contributed by atoms with Crippen molar-refractivity contribution in [3.05, 3.63) is 28.8 Å². The van der Waals surface area contributed by atoms with Crippen molar-refractivity contribution in [2.45, 2.75) is 24.3 Å². The molecule has 98 valence electrons. The molecule has 1 atom stereocenters. The van der Waals surface area contributed by atoms with Gasteiger partial charge >= 0.3 is 5.97 Å². The van der Waals surface area contributed by atoms with Crippen LogP contribution in [0.15, 0.2) is 23.1 Å². The predicted molar refractivity (Wildman–Crippen MR) is 66.1 cm³/mol. The van der Waals surface area contributed by atoms with Crippen LogP contribution >= 0.6 is 11.6 Å². The van der Waals surface area contributed by atoms with Crippen molar-refractivity contribution >= 4 is 27.6 Å². The van der Waals surface area contributed by atoms with Crippen molar-refractivity contribution in [2.75, 3.05) is 6.54 Å². The van der Waals surface area contributed by atoms with Crippen molar-refractivity contribution in [3.63, 3.8) is 0 Å². The Labute approximate surface area is 110 Å². The molecular formula is C11H12ClNO4S. The third-order valence-electron chi connectivity index (χ3n) is 2.99. The number of hydrogen-bond donors (Lipinski definition) is 1. The van der Waals surface area contributed by atoms with Gasteiger partial charge in [0.15, 0.2) is 0 Å². The topological polar surface area (TPSA) is 74.7 Å². The fourth-order valence-electron chi connectivity index (χ4n) is 1.81. The molecule has 0 radical (unpaired) electrons. The SMILES string of the molecule is Cc1cc(S(=O)(=O)N2CCC2C(=O)O)ccc1Cl. The van der Waals surface area contributed by atoms with Gasteiger partial charge in [0.1, 0.15) is 6.04 Å². The molecule has 1 saturated heterocycles. The highest BCUT2D eigenvalue weighted by atomic mass is 35.5. The Balaban J connectivity index is 2.37. The molecule has 1 aliphatic rings. The number of carboxylic acids is 1. The Bertz CT molecular complexity index is 599. The van der Waals surface area contributed by atoms with Crippen LogP contribution in [0.4, 0.5) is 0 Å². The second-order valence-electron chi connectivity index (χ2n) is 4.17. The first-order chi connectivity index (χ1) is 8.34. The van der Waals surface area contributed by atoms with Gasteiger partial charge in [-0.2, -0.15) is 4.31 Å². The van der Waals surface area contributed by atoms with Crippen molar-refractivity contribution in [2.24, 2.45) is 0 Å². The lowest BCUT2D eigenvalue weighted by molar-refractivity contribution is -0.144. The van der Waals surface area contributed by atoms with E-state index in [9.17, 15) is 13.2 Å². The van der Waals surface area contributed by atoms with Crippen LogP contribution in [-0.2, 0) is 14.8 Å². The van der Waals surface area contributed by atoms with Gasteiger partial charge < -0.3 is 5.11 Å². The van der Waals surface area contributed by atoms with E-state index in [2.05, 4.69) is 0 Å². The Morgan fingerprint density at radius 1 is 1.50 bits per heavy atom. The summed E-state index contributed by atoms with van der Waals surface area (Å²) < 4.78 is 25.4. The second-order valence-corrected chi connectivity index (χ2v) is 6.47. The molecule has 1 aromatic carbocycles. The zero-order chi connectivity index (χ0) is 13.5. The summed E-state index contributed by atoms with van der Waals surface area (Å²) in [4.78, 5) is 10.9. The first-order valence-electron chi connectivity index (χ1n) is 5.35. The number of nitrogens with zero attached hydrogens (tertiary/aromatic N) is 1. The van der Waals surface area contributed by atoms with Gasteiger partial charge in [-0.3, -0.25) is 4.79 Å². The predicted octanol–water partition coefficient (Wildman–Crippen LogP) is 1.50. The number of rotatable bonds is 3. The monoisotopic (exact) mass is 289 g/mol. The minimum atomic E-state index is -3.74. The molecule has 0 aliphatic carbocycles. The number of aliphatic carboxylic acids is 1. The first-order valence-corrected chi connectivity index (χ1v) is 7.16. The molecule has 1 N–H and O–H groups in total. The maximum Gasteiger partial charge on any atom is 0.322 e. The number of halogens is 1. The normalized spacial score (nSPS) is 20.4. The maximum atomic E-state index is 12.2. The average Bonchev–Trinajstić information content (AvgIpc) is 2.18. The third-order valence-corrected chi connectivity index (χ3v) is 5.32. The summed E-state index contributed by atoms with van der Waals surface area (Å²) in [5.74, 6) is -1.12. The fraction of sp³-hybridized carbons (Fsp3) is 0.364. The minimum absolute atomic E-state index is 0.0790. The molecule has 18 heavy (non-hydrogen) atoms. The van der Waals surface area contributed by atoms with Crippen molar-refractivity contribution in [1.82, 2.24) is 4.31 Å². The van der Waals surface area contributed by atoms with Crippen LogP contribution < -0.4 is 0 Å². The molecule has 1 fully saturated rings. The van der Waals surface area contributed by atoms with E-state index in [1.807, 2.05) is 0 Å². The number of carbonyl (C=O) groups is 1. The lowest BCUT2D eigenvalue weighted by atomic mass is 10.1. The zero-order valence-corrected chi connectivity index (χ0v) is 11.2. The Morgan fingerprint density at radius 3 is 2.61 bits per heavy atom. The van der Waals surface area contributed by atoms with Crippen molar-refractivity contribution in [3.8, 4) is 0 Å². The highest BCUT2D eigenvalue weighted by Gasteiger charge is 2.42. The number of sulfonamides is 1. The van der Waals surface area contributed by atoms with Gasteiger partial charge in [-0.05, 0) is 37.1 Å². The van der Waals surface area contributed by atoms with Crippen LogP contribution in [0.5, 0.6) is 0 Å². The summed E-state index contributed by atoms with van der Waals surface area (Å²) in [5.41, 5.74) is 0.644. The second kappa shape index (κ2) is 4.53. The molecule has 7 heteroatoms. The van der Waals surface area contributed by atoms with Gasteiger partial charge in [-0.25, -0.2) is 8.42 Å². The Kier molecular flexibility index (Phi) is 3.35. The molecule has 0 amide bonds. The van der Waals surface area contributed by atoms with Crippen LogP contribution in [0, 0.1) is 6.92 Å². The standard InChI is InChI=1S/C11H12ClNO4S/c1-7-6-8(2-3-9(7)12)18(16,17)13-5-4-10(13)11(14)15/h2-3,6,10H,4-5H2,1H3,(H,14,15). The van der Waals surface area contributed by atoms with Crippen LogP contribution in [0.1, 0.15) is 12.0 Å². The smallest absolute Gasteiger partial charge is 0.322 e. The van der Waals surface area contributed by atoms with Gasteiger partial charge in [0.05, 0.1) is 4.90 Å². The summed E-state index contributed by atoms with van der Waals surface area (Å²) in [6.07, 6.45) is 0.348. The summed E-state index contributed by atoms with van der Waals surface area (Å²) in [5, 5.41) is 9.36. The van der Waals surface area contributed by atoms with Crippen molar-refractivity contribution < 1.29 is 18.3 Å². The van der Waals surface area contributed by atoms with Crippen LogP contribution in [0.25, 0.3) is 0 Å². The summed E-state index contributed by atoms with van der Waals surface area (Å²) in [6, 6.07) is 3.39. The van der Waals surface area contributed by atoms with Crippen LogP contribution in [0.2, 0.25) is 5.02 Å². The van der Waals surface area contributed by atoms with Gasteiger partial charge in [0.2, 0.25) is 10.0 Å². The van der Waals surface area contributed by atoms with Crippen molar-refractivity contribution in [1.29, 1.82) is 0 Å². The van der Waals surface area contributed by atoms with E-state index in [1.165, 1.54) is 18.2 Å². The first kappa shape index (κ1) is 13.3. The van der Waals surface area contributed by atoms with Gasteiger partial charge in [0, 0.05) is 11.6 Å².